The van der Waals surface area contributed by atoms with Gasteiger partial charge in [0, 0.05) is 30.6 Å². The van der Waals surface area contributed by atoms with Gasteiger partial charge in [-0.3, -0.25) is 19.3 Å². The van der Waals surface area contributed by atoms with Crippen LogP contribution < -0.4 is 9.64 Å². The molecule has 8 rings (SSSR count). The van der Waals surface area contributed by atoms with Gasteiger partial charge in [0.25, 0.3) is 0 Å². The van der Waals surface area contributed by atoms with Crippen LogP contribution in [0.1, 0.15) is 39.6 Å². The predicted molar refractivity (Wildman–Crippen MR) is 208 cm³/mol. The van der Waals surface area contributed by atoms with Gasteiger partial charge in [-0.2, -0.15) is 0 Å². The van der Waals surface area contributed by atoms with Crippen LogP contribution in [0.5, 0.6) is 5.75 Å². The van der Waals surface area contributed by atoms with E-state index in [1.54, 1.807) is 73.7 Å². The largest absolute Gasteiger partial charge is 0.489 e. The first kappa shape index (κ1) is 34.9. The van der Waals surface area contributed by atoms with Gasteiger partial charge in [-0.15, -0.1) is 0 Å². The van der Waals surface area contributed by atoms with Gasteiger partial charge in [0.2, 0.25) is 17.6 Å². The fourth-order valence-corrected chi connectivity index (χ4v) is 10.1. The number of rotatable bonds is 9. The summed E-state index contributed by atoms with van der Waals surface area (Å²) in [5.74, 6) is -1.04. The van der Waals surface area contributed by atoms with Crippen molar-refractivity contribution in [3.63, 3.8) is 0 Å². The molecule has 0 radical (unpaired) electrons. The zero-order valence-corrected chi connectivity index (χ0v) is 32.5. The highest BCUT2D eigenvalue weighted by molar-refractivity contribution is 9.12. The third-order valence-corrected chi connectivity index (χ3v) is 14.1. The lowest BCUT2D eigenvalue weighted by Crippen LogP contribution is -2.37. The molecule has 1 aromatic heterocycles. The van der Waals surface area contributed by atoms with Gasteiger partial charge in [-0.05, 0) is 91.4 Å². The van der Waals surface area contributed by atoms with Crippen LogP contribution in [0.15, 0.2) is 108 Å². The minimum absolute atomic E-state index is 0.128. The number of ether oxygens (including phenoxy) is 2. The topological polar surface area (TPSA) is 103 Å². The maximum atomic E-state index is 13.7. The van der Waals surface area contributed by atoms with Gasteiger partial charge in [0.05, 0.1) is 34.3 Å². The number of hydrogen-bond donors (Lipinski definition) is 0. The molecule has 0 N–H and O–H groups in total. The highest BCUT2D eigenvalue weighted by Gasteiger charge is 2.66. The minimum Gasteiger partial charge on any atom is -0.489 e. The molecule has 3 aliphatic rings. The number of carbonyl (C=O) groups is 4. The van der Waals surface area contributed by atoms with Gasteiger partial charge >= 0.3 is 5.97 Å². The Labute approximate surface area is 325 Å². The first-order chi connectivity index (χ1) is 25.1. The van der Waals surface area contributed by atoms with E-state index in [4.69, 9.17) is 14.5 Å². The Morgan fingerprint density at radius 2 is 1.50 bits per heavy atom. The lowest BCUT2D eigenvalue weighted by molar-refractivity contribution is -0.123. The standard InChI is InChI=1S/C41H31Br3N2O6/c1-21(38(47)24-9-14-27(15-10-24)51-20-22-5-3-2-4-6-22)52-41(50)29-19-33(45-32-16-11-25(42)17-28(29)32)23-7-12-26(13-8-23)46-39(48)34-30-18-31(35(34)40(46)49)37(44)36(30)43/h2-17,19,21,30-31,34-37H,18,20H2,1H3. The Hall–Kier alpha value is -4.19. The van der Waals surface area contributed by atoms with Crippen LogP contribution >= 0.6 is 47.8 Å². The van der Waals surface area contributed by atoms with Crippen LogP contribution in [-0.2, 0) is 20.9 Å². The molecule has 2 bridgehead atoms. The van der Waals surface area contributed by atoms with Crippen molar-refractivity contribution in [1.82, 2.24) is 4.98 Å². The number of Topliss-reactive ketones (excluding diaryl/α,β-unsaturated/α-hetero) is 1. The molecule has 2 aliphatic carbocycles. The van der Waals surface area contributed by atoms with Crippen LogP contribution in [0.3, 0.4) is 0 Å². The van der Waals surface area contributed by atoms with Crippen LogP contribution in [0.2, 0.25) is 0 Å². The van der Waals surface area contributed by atoms with Gasteiger partial charge in [-0.25, -0.2) is 9.78 Å². The number of nitrogens with zero attached hydrogens (tertiary/aromatic N) is 2. The SMILES string of the molecule is CC(OC(=O)c1cc(-c2ccc(N3C(=O)C4C5CC(C(Br)C5Br)C4C3=O)cc2)nc2ccc(Br)cc12)C(=O)c1ccc(OCc2ccccc2)cc1. The third-order valence-electron chi connectivity index (χ3n) is 10.4. The van der Waals surface area contributed by atoms with E-state index in [2.05, 4.69) is 47.8 Å². The van der Waals surface area contributed by atoms with Crippen molar-refractivity contribution in [3.05, 3.63) is 124 Å². The zero-order valence-electron chi connectivity index (χ0n) is 27.7. The molecule has 52 heavy (non-hydrogen) atoms. The molecule has 7 unspecified atom stereocenters. The second-order valence-electron chi connectivity index (χ2n) is 13.5. The molecular formula is C41H31Br3N2O6. The quantitative estimate of drug-likeness (QED) is 0.0631. The number of imide groups is 1. The molecule has 2 amide bonds. The summed E-state index contributed by atoms with van der Waals surface area (Å²) in [7, 11) is 0. The number of ketones is 1. The zero-order chi connectivity index (χ0) is 36.3. The summed E-state index contributed by atoms with van der Waals surface area (Å²) in [6.45, 7) is 1.95. The minimum atomic E-state index is -1.06. The molecule has 5 aromatic rings. The number of carbonyl (C=O) groups excluding carboxylic acids is 4. The molecule has 262 valence electrons. The molecule has 7 atom stereocenters. The van der Waals surface area contributed by atoms with Crippen molar-refractivity contribution in [3.8, 4) is 17.0 Å². The fourth-order valence-electron chi connectivity index (χ4n) is 7.87. The summed E-state index contributed by atoms with van der Waals surface area (Å²) < 4.78 is 12.4. The average molecular weight is 887 g/mol. The molecule has 1 saturated heterocycles. The molecular weight excluding hydrogens is 856 g/mol. The highest BCUT2D eigenvalue weighted by atomic mass is 79.9. The molecule has 8 nitrogen and oxygen atoms in total. The number of hydrogen-bond acceptors (Lipinski definition) is 7. The number of halogens is 3. The maximum Gasteiger partial charge on any atom is 0.339 e. The summed E-state index contributed by atoms with van der Waals surface area (Å²) >= 11 is 11.0. The van der Waals surface area contributed by atoms with Crippen molar-refractivity contribution in [1.29, 1.82) is 0 Å². The van der Waals surface area contributed by atoms with Gasteiger partial charge < -0.3 is 9.47 Å². The molecule has 2 heterocycles. The van der Waals surface area contributed by atoms with E-state index in [1.165, 1.54) is 4.90 Å². The van der Waals surface area contributed by atoms with Crippen molar-refractivity contribution in [2.75, 3.05) is 4.90 Å². The van der Waals surface area contributed by atoms with Crippen molar-refractivity contribution >= 4 is 87.9 Å². The lowest BCUT2D eigenvalue weighted by atomic mass is 9.81. The van der Waals surface area contributed by atoms with Crippen molar-refractivity contribution in [2.45, 2.75) is 35.7 Å². The average Bonchev–Trinajstić information content (AvgIpc) is 3.78. The van der Waals surface area contributed by atoms with Gasteiger partial charge in [-0.1, -0.05) is 90.3 Å². The molecule has 3 fully saturated rings. The van der Waals surface area contributed by atoms with Crippen LogP contribution in [0.25, 0.3) is 22.2 Å². The highest BCUT2D eigenvalue weighted by Crippen LogP contribution is 2.60. The van der Waals surface area contributed by atoms with Crippen LogP contribution in [0, 0.1) is 23.7 Å². The smallest absolute Gasteiger partial charge is 0.339 e. The third kappa shape index (κ3) is 6.20. The number of amides is 2. The van der Waals surface area contributed by atoms with Crippen LogP contribution in [-0.4, -0.2) is 44.3 Å². The molecule has 1 aliphatic heterocycles. The van der Waals surface area contributed by atoms with E-state index in [1.807, 2.05) is 36.4 Å². The van der Waals surface area contributed by atoms with E-state index in [9.17, 15) is 19.2 Å². The summed E-state index contributed by atoms with van der Waals surface area (Å²) in [5.41, 5.74) is 3.92. The first-order valence-electron chi connectivity index (χ1n) is 17.0. The Bertz CT molecular complexity index is 2200. The van der Waals surface area contributed by atoms with Gasteiger partial charge in [0.1, 0.15) is 12.4 Å². The number of anilines is 1. The van der Waals surface area contributed by atoms with E-state index in [-0.39, 0.29) is 56.5 Å². The number of esters is 1. The summed E-state index contributed by atoms with van der Waals surface area (Å²) in [5, 5.41) is 0.559. The second-order valence-corrected chi connectivity index (χ2v) is 16.5. The maximum absolute atomic E-state index is 13.7. The number of fused-ring (bicyclic) bond motifs is 6. The summed E-state index contributed by atoms with van der Waals surface area (Å²) in [6.07, 6.45) is -0.197. The van der Waals surface area contributed by atoms with E-state index in [0.29, 0.717) is 45.8 Å². The Morgan fingerprint density at radius 3 is 2.15 bits per heavy atom. The fraction of sp³-hybridized carbons (Fsp3) is 0.244. The van der Waals surface area contributed by atoms with E-state index >= 15 is 0 Å². The summed E-state index contributed by atoms with van der Waals surface area (Å²) in [4.78, 5) is 60.7. The van der Waals surface area contributed by atoms with E-state index < -0.39 is 12.1 Å². The Kier molecular flexibility index (Phi) is 9.38. The molecule has 0 spiro atoms. The van der Waals surface area contributed by atoms with Crippen molar-refractivity contribution in [2.24, 2.45) is 23.7 Å². The second kappa shape index (κ2) is 14.0. The molecule has 11 heteroatoms. The first-order valence-corrected chi connectivity index (χ1v) is 19.6. The lowest BCUT2D eigenvalue weighted by Gasteiger charge is -2.28. The number of benzene rings is 4. The number of aromatic nitrogens is 1. The van der Waals surface area contributed by atoms with Gasteiger partial charge in [0.15, 0.2) is 6.10 Å². The normalized spacial score (nSPS) is 23.9. The summed E-state index contributed by atoms with van der Waals surface area (Å²) in [6, 6.07) is 30.7. The Balaban J connectivity index is 1.00. The monoisotopic (exact) mass is 884 g/mol. The van der Waals surface area contributed by atoms with Crippen molar-refractivity contribution < 1.29 is 28.7 Å². The van der Waals surface area contributed by atoms with Crippen LogP contribution in [0.4, 0.5) is 5.69 Å². The molecule has 4 aromatic carbocycles. The number of alkyl halides is 2. The van der Waals surface area contributed by atoms with E-state index in [0.717, 1.165) is 16.5 Å². The number of pyridine rings is 1. The predicted octanol–water partition coefficient (Wildman–Crippen LogP) is 8.95. The Morgan fingerprint density at radius 1 is 0.846 bits per heavy atom. The molecule has 2 saturated carbocycles.